The maximum absolute atomic E-state index is 13.0. The molecular weight excluding hydrogens is 271 g/mol. The molecule has 4 nitrogen and oxygen atoms in total. The van der Waals surface area contributed by atoms with E-state index in [4.69, 9.17) is 4.84 Å². The van der Waals surface area contributed by atoms with E-state index in [0.29, 0.717) is 12.1 Å². The molecule has 21 heavy (non-hydrogen) atoms. The average molecular weight is 290 g/mol. The maximum Gasteiger partial charge on any atom is 0.269 e. The minimum absolute atomic E-state index is 0.00283. The molecule has 1 aromatic carbocycles. The van der Waals surface area contributed by atoms with Crippen molar-refractivity contribution in [1.82, 2.24) is 4.90 Å². The van der Waals surface area contributed by atoms with E-state index < -0.39 is 5.60 Å². The van der Waals surface area contributed by atoms with Crippen LogP contribution >= 0.6 is 0 Å². The molecule has 1 saturated heterocycles. The summed E-state index contributed by atoms with van der Waals surface area (Å²) in [5.41, 5.74) is 0.565. The molecule has 0 radical (unpaired) electrons. The van der Waals surface area contributed by atoms with E-state index in [9.17, 15) is 9.18 Å². The molecular formula is C16H19FN2O2. The van der Waals surface area contributed by atoms with Crippen molar-refractivity contribution in [2.45, 2.75) is 38.2 Å². The van der Waals surface area contributed by atoms with E-state index in [0.717, 1.165) is 31.5 Å². The van der Waals surface area contributed by atoms with Crippen molar-refractivity contribution in [1.29, 1.82) is 0 Å². The summed E-state index contributed by atoms with van der Waals surface area (Å²) in [4.78, 5) is 19.9. The Morgan fingerprint density at radius 3 is 2.57 bits per heavy atom. The first-order chi connectivity index (χ1) is 10.1. The van der Waals surface area contributed by atoms with Crippen LogP contribution in [0.3, 0.4) is 0 Å². The third-order valence-corrected chi connectivity index (χ3v) is 4.14. The largest absolute Gasteiger partial charge is 0.379 e. The first-order valence-electron chi connectivity index (χ1n) is 7.39. The Balaban J connectivity index is 1.71. The molecule has 1 atom stereocenters. The molecule has 1 amide bonds. The smallest absolute Gasteiger partial charge is 0.269 e. The molecule has 1 aromatic rings. The molecule has 0 aromatic heterocycles. The number of nitrogens with zero attached hydrogens (tertiary/aromatic N) is 2. The standard InChI is InChI=1S/C16H19FN2O2/c1-16(15(20)19-9-3-2-4-10-19)11-14(18-21-16)12-5-7-13(17)8-6-12/h5-8H,2-4,9-11H2,1H3/t16-/m0/s1. The van der Waals surface area contributed by atoms with E-state index in [1.165, 1.54) is 18.6 Å². The third-order valence-electron chi connectivity index (χ3n) is 4.14. The Morgan fingerprint density at radius 1 is 1.24 bits per heavy atom. The number of amides is 1. The van der Waals surface area contributed by atoms with Gasteiger partial charge in [-0.2, -0.15) is 0 Å². The first kappa shape index (κ1) is 14.0. The minimum Gasteiger partial charge on any atom is -0.379 e. The second-order valence-corrected chi connectivity index (χ2v) is 5.90. The molecule has 0 saturated carbocycles. The summed E-state index contributed by atoms with van der Waals surface area (Å²) in [5, 5.41) is 4.05. The van der Waals surface area contributed by atoms with Gasteiger partial charge in [-0.3, -0.25) is 4.79 Å². The van der Waals surface area contributed by atoms with E-state index >= 15 is 0 Å². The van der Waals surface area contributed by atoms with E-state index in [1.807, 2.05) is 4.90 Å². The topological polar surface area (TPSA) is 41.9 Å². The number of piperidine rings is 1. The Bertz CT molecular complexity index is 564. The first-order valence-corrected chi connectivity index (χ1v) is 7.39. The van der Waals surface area contributed by atoms with Crippen LogP contribution < -0.4 is 0 Å². The second-order valence-electron chi connectivity index (χ2n) is 5.90. The molecule has 5 heteroatoms. The van der Waals surface area contributed by atoms with Crippen LogP contribution in [0, 0.1) is 5.82 Å². The molecule has 2 aliphatic rings. The van der Waals surface area contributed by atoms with Crippen LogP contribution in [0.15, 0.2) is 29.4 Å². The van der Waals surface area contributed by atoms with Crippen molar-refractivity contribution in [2.75, 3.05) is 13.1 Å². The highest BCUT2D eigenvalue weighted by Crippen LogP contribution is 2.29. The lowest BCUT2D eigenvalue weighted by Crippen LogP contribution is -2.49. The molecule has 112 valence electrons. The van der Waals surface area contributed by atoms with Crippen molar-refractivity contribution in [3.63, 3.8) is 0 Å². The molecule has 0 spiro atoms. The highest BCUT2D eigenvalue weighted by atomic mass is 19.1. The molecule has 1 fully saturated rings. The number of hydrogen-bond donors (Lipinski definition) is 0. The fourth-order valence-corrected chi connectivity index (χ4v) is 2.88. The van der Waals surface area contributed by atoms with Gasteiger partial charge in [-0.1, -0.05) is 17.3 Å². The second kappa shape index (κ2) is 5.47. The summed E-state index contributed by atoms with van der Waals surface area (Å²) in [5.74, 6) is -0.284. The molecule has 3 rings (SSSR count). The Kier molecular flexibility index (Phi) is 3.66. The Labute approximate surface area is 123 Å². The van der Waals surface area contributed by atoms with E-state index in [-0.39, 0.29) is 11.7 Å². The Morgan fingerprint density at radius 2 is 1.90 bits per heavy atom. The van der Waals surface area contributed by atoms with Gasteiger partial charge >= 0.3 is 0 Å². The monoisotopic (exact) mass is 290 g/mol. The summed E-state index contributed by atoms with van der Waals surface area (Å²) < 4.78 is 13.0. The summed E-state index contributed by atoms with van der Waals surface area (Å²) in [6.45, 7) is 3.37. The zero-order valence-electron chi connectivity index (χ0n) is 12.1. The summed E-state index contributed by atoms with van der Waals surface area (Å²) in [6, 6.07) is 6.10. The van der Waals surface area contributed by atoms with Gasteiger partial charge in [0.25, 0.3) is 5.91 Å². The highest BCUT2D eigenvalue weighted by Gasteiger charge is 2.44. The number of halogens is 1. The molecule has 2 heterocycles. The third kappa shape index (κ3) is 2.77. The van der Waals surface area contributed by atoms with Crippen LogP contribution in [0.25, 0.3) is 0 Å². The van der Waals surface area contributed by atoms with Crippen LogP contribution in [0.1, 0.15) is 38.2 Å². The fraction of sp³-hybridized carbons (Fsp3) is 0.500. The number of rotatable bonds is 2. The zero-order chi connectivity index (χ0) is 14.9. The van der Waals surface area contributed by atoms with Crippen LogP contribution in [0.4, 0.5) is 4.39 Å². The van der Waals surface area contributed by atoms with E-state index in [1.54, 1.807) is 19.1 Å². The number of hydrogen-bond acceptors (Lipinski definition) is 3. The highest BCUT2D eigenvalue weighted by molar-refractivity contribution is 6.05. The zero-order valence-corrected chi connectivity index (χ0v) is 12.1. The molecule has 0 unspecified atom stereocenters. The predicted octanol–water partition coefficient (Wildman–Crippen LogP) is 2.72. The predicted molar refractivity (Wildman–Crippen MR) is 77.5 cm³/mol. The van der Waals surface area contributed by atoms with Gasteiger partial charge in [-0.05, 0) is 43.9 Å². The molecule has 0 aliphatic carbocycles. The van der Waals surface area contributed by atoms with E-state index in [2.05, 4.69) is 5.16 Å². The SMILES string of the molecule is C[C@@]1(C(=O)N2CCCCC2)CC(c2ccc(F)cc2)=NO1. The van der Waals surface area contributed by atoms with Crippen molar-refractivity contribution in [3.8, 4) is 0 Å². The van der Waals surface area contributed by atoms with Crippen LogP contribution in [0.2, 0.25) is 0 Å². The number of oxime groups is 1. The molecule has 0 N–H and O–H groups in total. The van der Waals surface area contributed by atoms with Gasteiger partial charge in [0.05, 0.1) is 5.71 Å². The number of carbonyl (C=O) groups is 1. The Hall–Kier alpha value is -1.91. The average Bonchev–Trinajstić information content (AvgIpc) is 2.92. The van der Waals surface area contributed by atoms with Crippen LogP contribution in [-0.4, -0.2) is 35.2 Å². The van der Waals surface area contributed by atoms with Gasteiger partial charge in [0.2, 0.25) is 5.60 Å². The van der Waals surface area contributed by atoms with Crippen molar-refractivity contribution in [2.24, 2.45) is 5.16 Å². The summed E-state index contributed by atoms with van der Waals surface area (Å²) in [6.07, 6.45) is 3.70. The lowest BCUT2D eigenvalue weighted by Gasteiger charge is -2.32. The van der Waals surface area contributed by atoms with Crippen molar-refractivity contribution in [3.05, 3.63) is 35.6 Å². The number of carbonyl (C=O) groups excluding carboxylic acids is 1. The number of likely N-dealkylation sites (tertiary alicyclic amines) is 1. The van der Waals surface area contributed by atoms with Crippen LogP contribution in [0.5, 0.6) is 0 Å². The normalized spacial score (nSPS) is 25.4. The van der Waals surface area contributed by atoms with Crippen molar-refractivity contribution < 1.29 is 14.0 Å². The molecule has 0 bridgehead atoms. The summed E-state index contributed by atoms with van der Waals surface area (Å²) >= 11 is 0. The number of benzene rings is 1. The van der Waals surface area contributed by atoms with Gasteiger partial charge in [-0.15, -0.1) is 0 Å². The lowest BCUT2D eigenvalue weighted by atomic mass is 9.94. The summed E-state index contributed by atoms with van der Waals surface area (Å²) in [7, 11) is 0. The lowest BCUT2D eigenvalue weighted by molar-refractivity contribution is -0.154. The van der Waals surface area contributed by atoms with Gasteiger partial charge in [-0.25, -0.2) is 4.39 Å². The fourth-order valence-electron chi connectivity index (χ4n) is 2.88. The van der Waals surface area contributed by atoms with Crippen molar-refractivity contribution >= 4 is 11.6 Å². The minimum atomic E-state index is -0.930. The van der Waals surface area contributed by atoms with Gasteiger partial charge in [0.15, 0.2) is 0 Å². The van der Waals surface area contributed by atoms with Gasteiger partial charge in [0, 0.05) is 19.5 Å². The quantitative estimate of drug-likeness (QED) is 0.840. The molecule has 2 aliphatic heterocycles. The maximum atomic E-state index is 13.0. The van der Waals surface area contributed by atoms with Gasteiger partial charge < -0.3 is 9.74 Å². The van der Waals surface area contributed by atoms with Crippen LogP contribution in [-0.2, 0) is 9.63 Å². The van der Waals surface area contributed by atoms with Gasteiger partial charge in [0.1, 0.15) is 5.82 Å².